The molecule has 0 unspecified atom stereocenters. The summed E-state index contributed by atoms with van der Waals surface area (Å²) in [6.45, 7) is 2.75. The molecule has 24 heavy (non-hydrogen) atoms. The minimum atomic E-state index is -0.434. The number of carbonyl (C=O) groups is 2. The van der Waals surface area contributed by atoms with Crippen molar-refractivity contribution in [2.45, 2.75) is 31.2 Å². The number of hydrogen-bond donors (Lipinski definition) is 2. The zero-order valence-electron chi connectivity index (χ0n) is 13.6. The first kappa shape index (κ1) is 20.3. The van der Waals surface area contributed by atoms with Gasteiger partial charge in [-0.3, -0.25) is 4.79 Å². The van der Waals surface area contributed by atoms with Crippen molar-refractivity contribution < 1.29 is 14.3 Å². The molecule has 0 radical (unpaired) electrons. The van der Waals surface area contributed by atoms with Crippen LogP contribution in [0.15, 0.2) is 34.5 Å². The molecule has 0 aliphatic heterocycles. The molecule has 1 aromatic heterocycles. The van der Waals surface area contributed by atoms with Crippen molar-refractivity contribution in [2.75, 3.05) is 18.9 Å². The highest BCUT2D eigenvalue weighted by Crippen LogP contribution is 2.29. The minimum Gasteiger partial charge on any atom is -0.450 e. The van der Waals surface area contributed by atoms with Crippen LogP contribution in [0.1, 0.15) is 26.2 Å². The first-order valence-electron chi connectivity index (χ1n) is 7.64. The van der Waals surface area contributed by atoms with Crippen molar-refractivity contribution >= 4 is 39.8 Å². The Balaban J connectivity index is 1.98. The van der Waals surface area contributed by atoms with Gasteiger partial charge in [-0.05, 0) is 29.3 Å². The molecule has 0 aromatic carbocycles. The fraction of sp³-hybridized carbons (Fsp3) is 0.467. The highest BCUT2D eigenvalue weighted by Gasteiger charge is 2.01. The third kappa shape index (κ3) is 10.9. The van der Waals surface area contributed by atoms with Crippen molar-refractivity contribution in [1.29, 1.82) is 0 Å². The molecule has 9 heteroatoms. The average Bonchev–Trinajstić information content (AvgIpc) is 2.60. The summed E-state index contributed by atoms with van der Waals surface area (Å²) in [7, 11) is 3.11. The minimum absolute atomic E-state index is 0.143. The standard InChI is InChI=1S/C15H22N4O3S2/c1-2-11-22-15(21)17-9-5-10-18-19-13(20)7-12-23-24-14-6-3-4-8-16-14/h3-4,6,8,10H,2,5,7,9,11-12H2,1H3,(H,17,21)(H,19,20)/b18-10+. The number of aromatic nitrogens is 1. The van der Waals surface area contributed by atoms with Crippen LogP contribution in [0.25, 0.3) is 0 Å². The number of nitrogens with one attached hydrogen (secondary N) is 2. The maximum Gasteiger partial charge on any atom is 0.407 e. The Morgan fingerprint density at radius 2 is 2.29 bits per heavy atom. The molecular weight excluding hydrogens is 348 g/mol. The van der Waals surface area contributed by atoms with Crippen LogP contribution in [0.5, 0.6) is 0 Å². The first-order chi connectivity index (χ1) is 11.7. The Morgan fingerprint density at radius 1 is 1.42 bits per heavy atom. The zero-order chi connectivity index (χ0) is 17.5. The van der Waals surface area contributed by atoms with Crippen LogP contribution in [0.3, 0.4) is 0 Å². The van der Waals surface area contributed by atoms with E-state index in [1.165, 1.54) is 0 Å². The normalized spacial score (nSPS) is 10.5. The van der Waals surface area contributed by atoms with Gasteiger partial charge in [0.15, 0.2) is 0 Å². The highest BCUT2D eigenvalue weighted by molar-refractivity contribution is 8.76. The molecule has 132 valence electrons. The Morgan fingerprint density at radius 3 is 3.04 bits per heavy atom. The van der Waals surface area contributed by atoms with Crippen molar-refractivity contribution in [2.24, 2.45) is 5.10 Å². The molecule has 1 heterocycles. The fourth-order valence-electron chi connectivity index (χ4n) is 1.36. The van der Waals surface area contributed by atoms with Crippen molar-refractivity contribution in [1.82, 2.24) is 15.7 Å². The largest absolute Gasteiger partial charge is 0.450 e. The Hall–Kier alpha value is -1.74. The lowest BCUT2D eigenvalue weighted by Gasteiger charge is -2.03. The van der Waals surface area contributed by atoms with E-state index >= 15 is 0 Å². The van der Waals surface area contributed by atoms with Gasteiger partial charge in [-0.2, -0.15) is 5.10 Å². The molecule has 1 rings (SSSR count). The van der Waals surface area contributed by atoms with E-state index in [9.17, 15) is 9.59 Å². The number of carbonyl (C=O) groups excluding carboxylic acids is 2. The van der Waals surface area contributed by atoms with Gasteiger partial charge in [0, 0.05) is 37.6 Å². The lowest BCUT2D eigenvalue weighted by atomic mass is 10.4. The molecule has 0 bridgehead atoms. The quantitative estimate of drug-likeness (QED) is 0.269. The molecular formula is C15H22N4O3S2. The summed E-state index contributed by atoms with van der Waals surface area (Å²) < 4.78 is 4.85. The molecule has 0 saturated heterocycles. The molecule has 0 saturated carbocycles. The van der Waals surface area contributed by atoms with Crippen molar-refractivity contribution in [3.05, 3.63) is 24.4 Å². The van der Waals surface area contributed by atoms with Crippen LogP contribution in [0, 0.1) is 0 Å². The third-order valence-corrected chi connectivity index (χ3v) is 4.72. The molecule has 0 fully saturated rings. The topological polar surface area (TPSA) is 92.7 Å². The molecule has 0 atom stereocenters. The number of alkyl carbamates (subject to hydrolysis) is 1. The Bertz CT molecular complexity index is 515. The van der Waals surface area contributed by atoms with Gasteiger partial charge < -0.3 is 10.1 Å². The molecule has 1 aromatic rings. The predicted molar refractivity (Wildman–Crippen MR) is 98.1 cm³/mol. The second kappa shape index (κ2) is 13.7. The van der Waals surface area contributed by atoms with Crippen molar-refractivity contribution in [3.8, 4) is 0 Å². The van der Waals surface area contributed by atoms with Gasteiger partial charge in [-0.25, -0.2) is 15.2 Å². The number of nitrogens with zero attached hydrogens (tertiary/aromatic N) is 2. The van der Waals surface area contributed by atoms with E-state index < -0.39 is 6.09 Å². The molecule has 0 spiro atoms. The van der Waals surface area contributed by atoms with Gasteiger partial charge in [-0.15, -0.1) is 0 Å². The third-order valence-electron chi connectivity index (χ3n) is 2.46. The van der Waals surface area contributed by atoms with Gasteiger partial charge in [0.1, 0.15) is 5.03 Å². The maximum atomic E-state index is 11.6. The second-order valence-corrected chi connectivity index (χ2v) is 6.96. The highest BCUT2D eigenvalue weighted by atomic mass is 33.1. The summed E-state index contributed by atoms with van der Waals surface area (Å²) in [4.78, 5) is 26.9. The van der Waals surface area contributed by atoms with Crippen LogP contribution in [-0.2, 0) is 9.53 Å². The molecule has 0 aliphatic rings. The molecule has 0 aliphatic carbocycles. The maximum absolute atomic E-state index is 11.6. The molecule has 2 N–H and O–H groups in total. The average molecular weight is 370 g/mol. The summed E-state index contributed by atoms with van der Waals surface area (Å²) in [5, 5.41) is 7.33. The number of pyridine rings is 1. The van der Waals surface area contributed by atoms with E-state index in [4.69, 9.17) is 4.74 Å². The monoisotopic (exact) mass is 370 g/mol. The Labute approximate surface area is 149 Å². The van der Waals surface area contributed by atoms with E-state index in [-0.39, 0.29) is 5.91 Å². The number of hydrazone groups is 1. The van der Waals surface area contributed by atoms with E-state index in [1.807, 2.05) is 25.1 Å². The summed E-state index contributed by atoms with van der Waals surface area (Å²) in [6.07, 6.45) is 4.54. The van der Waals surface area contributed by atoms with E-state index in [0.717, 1.165) is 11.4 Å². The van der Waals surface area contributed by atoms with Crippen LogP contribution in [0.2, 0.25) is 0 Å². The summed E-state index contributed by atoms with van der Waals surface area (Å²) in [5.74, 6) is 0.531. The van der Waals surface area contributed by atoms with Gasteiger partial charge in [0.2, 0.25) is 5.91 Å². The van der Waals surface area contributed by atoms with Gasteiger partial charge in [0.05, 0.1) is 6.61 Å². The summed E-state index contributed by atoms with van der Waals surface area (Å²) in [6, 6.07) is 5.72. The van der Waals surface area contributed by atoms with E-state index in [2.05, 4.69) is 20.8 Å². The number of hydrogen-bond acceptors (Lipinski definition) is 7. The second-order valence-electron chi connectivity index (χ2n) is 4.52. The zero-order valence-corrected chi connectivity index (χ0v) is 15.2. The Kier molecular flexibility index (Phi) is 11.6. The lowest BCUT2D eigenvalue weighted by molar-refractivity contribution is -0.120. The van der Waals surface area contributed by atoms with Gasteiger partial charge in [-0.1, -0.05) is 23.8 Å². The number of amides is 2. The fourth-order valence-corrected chi connectivity index (χ4v) is 3.22. The SMILES string of the molecule is CCCOC(=O)NCC/C=N/NC(=O)CCSSc1ccccn1. The summed E-state index contributed by atoms with van der Waals surface area (Å²) >= 11 is 0. The van der Waals surface area contributed by atoms with Crippen molar-refractivity contribution in [3.63, 3.8) is 0 Å². The van der Waals surface area contributed by atoms with E-state index in [0.29, 0.717) is 31.7 Å². The van der Waals surface area contributed by atoms with Gasteiger partial charge in [0.25, 0.3) is 0 Å². The smallest absolute Gasteiger partial charge is 0.407 e. The van der Waals surface area contributed by atoms with Crippen LogP contribution in [0.4, 0.5) is 4.79 Å². The summed E-state index contributed by atoms with van der Waals surface area (Å²) in [5.41, 5.74) is 2.45. The van der Waals surface area contributed by atoms with Crippen LogP contribution in [-0.4, -0.2) is 42.1 Å². The molecule has 7 nitrogen and oxygen atoms in total. The van der Waals surface area contributed by atoms with E-state index in [1.54, 1.807) is 34.0 Å². The number of rotatable bonds is 11. The van der Waals surface area contributed by atoms with Crippen LogP contribution < -0.4 is 10.7 Å². The first-order valence-corrected chi connectivity index (χ1v) is 9.95. The lowest BCUT2D eigenvalue weighted by Crippen LogP contribution is -2.26. The molecule has 2 amide bonds. The van der Waals surface area contributed by atoms with Gasteiger partial charge >= 0.3 is 6.09 Å². The number of ether oxygens (including phenoxy) is 1. The predicted octanol–water partition coefficient (Wildman–Crippen LogP) is 2.84. The van der Waals surface area contributed by atoms with Crippen LogP contribution >= 0.6 is 21.6 Å².